The van der Waals surface area contributed by atoms with Crippen LogP contribution in [0.2, 0.25) is 0 Å². The van der Waals surface area contributed by atoms with E-state index in [2.05, 4.69) is 0 Å². The van der Waals surface area contributed by atoms with Crippen molar-refractivity contribution in [3.05, 3.63) is 35.9 Å². The molecule has 0 amide bonds. The van der Waals surface area contributed by atoms with Gasteiger partial charge < -0.3 is 9.47 Å². The van der Waals surface area contributed by atoms with Gasteiger partial charge in [-0.3, -0.25) is 0 Å². The molecule has 1 aliphatic rings. The van der Waals surface area contributed by atoms with Crippen LogP contribution in [0.15, 0.2) is 30.3 Å². The number of carbonyl (C=O) groups is 1. The molecule has 0 bridgehead atoms. The van der Waals surface area contributed by atoms with E-state index < -0.39 is 16.6 Å². The summed E-state index contributed by atoms with van der Waals surface area (Å²) in [7, 11) is 1.32. The van der Waals surface area contributed by atoms with Crippen molar-refractivity contribution in [3.8, 4) is 0 Å². The first kappa shape index (κ1) is 12.4. The summed E-state index contributed by atoms with van der Waals surface area (Å²) in [5, 5.41) is -1.36. The zero-order valence-corrected chi connectivity index (χ0v) is 10.7. The van der Waals surface area contributed by atoms with Crippen LogP contribution in [0.1, 0.15) is 25.3 Å². The van der Waals surface area contributed by atoms with Gasteiger partial charge in [0.2, 0.25) is 0 Å². The second-order valence-corrected chi connectivity index (χ2v) is 4.66. The van der Waals surface area contributed by atoms with Gasteiger partial charge in [0.1, 0.15) is 0 Å². The van der Waals surface area contributed by atoms with Gasteiger partial charge in [-0.25, -0.2) is 4.79 Å². The molecule has 1 aromatic rings. The number of carbonyl (C=O) groups excluding carboxylic acids is 1. The molecule has 0 aliphatic carbocycles. The van der Waals surface area contributed by atoms with Gasteiger partial charge in [-0.2, -0.15) is 0 Å². The largest absolute Gasteiger partial charge is 0.466 e. The highest BCUT2D eigenvalue weighted by Crippen LogP contribution is 2.61. The summed E-state index contributed by atoms with van der Waals surface area (Å²) < 4.78 is 10.3. The molecule has 0 spiro atoms. The molecule has 92 valence electrons. The van der Waals surface area contributed by atoms with Crippen LogP contribution in [-0.2, 0) is 19.9 Å². The third-order valence-electron chi connectivity index (χ3n) is 3.08. The number of epoxide rings is 1. The highest BCUT2D eigenvalue weighted by molar-refractivity contribution is 6.35. The Bertz CT molecular complexity index is 420. The molecule has 2 rings (SSSR count). The first-order valence-electron chi connectivity index (χ1n) is 5.64. The number of ether oxygens (including phenoxy) is 2. The van der Waals surface area contributed by atoms with Crippen LogP contribution in [0.5, 0.6) is 0 Å². The average Bonchev–Trinajstić information content (AvgIpc) is 2.98. The highest BCUT2D eigenvalue weighted by Gasteiger charge is 2.75. The van der Waals surface area contributed by atoms with Gasteiger partial charge in [0, 0.05) is 0 Å². The summed E-state index contributed by atoms with van der Waals surface area (Å²) in [5.41, 5.74) is 0.180. The number of halogens is 1. The summed E-state index contributed by atoms with van der Waals surface area (Å²) >= 11 is 6.23. The summed E-state index contributed by atoms with van der Waals surface area (Å²) in [4.78, 5) is 11.7. The fourth-order valence-electron chi connectivity index (χ4n) is 2.21. The smallest absolute Gasteiger partial charge is 0.357 e. The number of methoxy groups -OCH3 is 1. The SMILES string of the molecule is CCCC1(c2ccccc2)OC1(Cl)C(=O)OC. The predicted octanol–water partition coefficient (Wildman–Crippen LogP) is 2.82. The molecule has 0 N–H and O–H groups in total. The summed E-state index contributed by atoms with van der Waals surface area (Å²) in [6.07, 6.45) is 1.57. The monoisotopic (exact) mass is 254 g/mol. The van der Waals surface area contributed by atoms with Crippen molar-refractivity contribution in [1.29, 1.82) is 0 Å². The minimum absolute atomic E-state index is 0.531. The Kier molecular flexibility index (Phi) is 3.15. The Balaban J connectivity index is 2.36. The lowest BCUT2D eigenvalue weighted by molar-refractivity contribution is -0.143. The fraction of sp³-hybridized carbons (Fsp3) is 0.462. The minimum atomic E-state index is -1.36. The Labute approximate surface area is 106 Å². The molecule has 1 fully saturated rings. The first-order valence-corrected chi connectivity index (χ1v) is 6.01. The molecule has 2 atom stereocenters. The standard InChI is InChI=1S/C13H15ClO3/c1-3-9-12(10-7-5-4-6-8-10)13(14,17-12)11(15)16-2/h4-8H,3,9H2,1-2H3. The number of hydrogen-bond donors (Lipinski definition) is 0. The van der Waals surface area contributed by atoms with Crippen LogP contribution in [0.25, 0.3) is 0 Å². The van der Waals surface area contributed by atoms with E-state index >= 15 is 0 Å². The lowest BCUT2D eigenvalue weighted by Gasteiger charge is -2.14. The normalized spacial score (nSPS) is 31.0. The maximum atomic E-state index is 11.7. The molecular weight excluding hydrogens is 240 g/mol. The van der Waals surface area contributed by atoms with Crippen LogP contribution < -0.4 is 0 Å². The van der Waals surface area contributed by atoms with Crippen LogP contribution >= 0.6 is 11.6 Å². The van der Waals surface area contributed by atoms with Crippen molar-refractivity contribution in [2.24, 2.45) is 0 Å². The quantitative estimate of drug-likeness (QED) is 0.471. The van der Waals surface area contributed by atoms with Gasteiger partial charge in [-0.05, 0) is 12.0 Å². The van der Waals surface area contributed by atoms with E-state index in [4.69, 9.17) is 21.1 Å². The number of benzene rings is 1. The molecule has 17 heavy (non-hydrogen) atoms. The van der Waals surface area contributed by atoms with E-state index in [0.29, 0.717) is 6.42 Å². The van der Waals surface area contributed by atoms with Crippen LogP contribution in [0.3, 0.4) is 0 Å². The Hall–Kier alpha value is -1.06. The summed E-state index contributed by atoms with van der Waals surface area (Å²) in [6.45, 7) is 2.03. The number of hydrogen-bond acceptors (Lipinski definition) is 3. The van der Waals surface area contributed by atoms with Crippen LogP contribution in [0.4, 0.5) is 0 Å². The molecular formula is C13H15ClO3. The van der Waals surface area contributed by atoms with Crippen LogP contribution in [0, 0.1) is 0 Å². The second-order valence-electron chi connectivity index (χ2n) is 4.13. The van der Waals surface area contributed by atoms with Gasteiger partial charge in [-0.15, -0.1) is 0 Å². The van der Waals surface area contributed by atoms with Gasteiger partial charge in [-0.1, -0.05) is 55.3 Å². The van der Waals surface area contributed by atoms with E-state index in [1.54, 1.807) is 0 Å². The molecule has 1 saturated heterocycles. The lowest BCUT2D eigenvalue weighted by atomic mass is 9.90. The van der Waals surface area contributed by atoms with Gasteiger partial charge in [0.15, 0.2) is 5.60 Å². The molecule has 0 aromatic heterocycles. The van der Waals surface area contributed by atoms with Gasteiger partial charge in [0.05, 0.1) is 7.11 Å². The molecule has 1 heterocycles. The zero-order chi connectivity index (χ0) is 12.5. The summed E-state index contributed by atoms with van der Waals surface area (Å²) in [5.74, 6) is -0.531. The van der Waals surface area contributed by atoms with E-state index in [-0.39, 0.29) is 0 Å². The van der Waals surface area contributed by atoms with Crippen molar-refractivity contribution in [2.75, 3.05) is 7.11 Å². The van der Waals surface area contributed by atoms with E-state index in [1.807, 2.05) is 37.3 Å². The van der Waals surface area contributed by atoms with Crippen LogP contribution in [-0.4, -0.2) is 18.1 Å². The maximum absolute atomic E-state index is 11.7. The van der Waals surface area contributed by atoms with Crippen molar-refractivity contribution in [2.45, 2.75) is 30.4 Å². The van der Waals surface area contributed by atoms with Gasteiger partial charge >= 0.3 is 5.97 Å². The zero-order valence-electron chi connectivity index (χ0n) is 9.90. The van der Waals surface area contributed by atoms with Crippen molar-refractivity contribution in [1.82, 2.24) is 0 Å². The van der Waals surface area contributed by atoms with Crippen molar-refractivity contribution >= 4 is 17.6 Å². The average molecular weight is 255 g/mol. The van der Waals surface area contributed by atoms with E-state index in [1.165, 1.54) is 7.11 Å². The third-order valence-corrected chi connectivity index (χ3v) is 3.62. The highest BCUT2D eigenvalue weighted by atomic mass is 35.5. The Morgan fingerprint density at radius 3 is 2.59 bits per heavy atom. The van der Waals surface area contributed by atoms with E-state index in [0.717, 1.165) is 12.0 Å². The molecule has 4 heteroatoms. The topological polar surface area (TPSA) is 38.8 Å². The molecule has 0 radical (unpaired) electrons. The minimum Gasteiger partial charge on any atom is -0.466 e. The maximum Gasteiger partial charge on any atom is 0.357 e. The molecule has 3 nitrogen and oxygen atoms in total. The number of rotatable bonds is 4. The predicted molar refractivity (Wildman–Crippen MR) is 64.7 cm³/mol. The second kappa shape index (κ2) is 4.31. The van der Waals surface area contributed by atoms with Gasteiger partial charge in [0.25, 0.3) is 5.06 Å². The summed E-state index contributed by atoms with van der Waals surface area (Å²) in [6, 6.07) is 9.57. The van der Waals surface area contributed by atoms with Crippen molar-refractivity contribution in [3.63, 3.8) is 0 Å². The van der Waals surface area contributed by atoms with Crippen molar-refractivity contribution < 1.29 is 14.3 Å². The third kappa shape index (κ3) is 1.74. The fourth-order valence-corrected chi connectivity index (χ4v) is 2.62. The lowest BCUT2D eigenvalue weighted by Crippen LogP contribution is -2.28. The number of alkyl halides is 1. The Morgan fingerprint density at radius 1 is 1.41 bits per heavy atom. The number of esters is 1. The Morgan fingerprint density at radius 2 is 2.06 bits per heavy atom. The van der Waals surface area contributed by atoms with E-state index in [9.17, 15) is 4.79 Å². The molecule has 0 saturated carbocycles. The molecule has 1 aromatic carbocycles. The molecule has 1 aliphatic heterocycles. The first-order chi connectivity index (χ1) is 8.10. The molecule has 2 unspecified atom stereocenters.